The highest BCUT2D eigenvalue weighted by molar-refractivity contribution is 5.97. The molecule has 0 radical (unpaired) electrons. The van der Waals surface area contributed by atoms with E-state index in [0.29, 0.717) is 12.3 Å². The molecule has 2 aromatic rings. The summed E-state index contributed by atoms with van der Waals surface area (Å²) in [4.78, 5) is 15.8. The molecule has 1 aliphatic rings. The van der Waals surface area contributed by atoms with E-state index in [4.69, 9.17) is 4.74 Å². The van der Waals surface area contributed by atoms with Crippen LogP contribution in [0.15, 0.2) is 30.3 Å². The van der Waals surface area contributed by atoms with Crippen LogP contribution >= 0.6 is 0 Å². The molecule has 0 saturated carbocycles. The molecule has 1 aliphatic carbocycles. The molecule has 1 aromatic heterocycles. The Bertz CT molecular complexity index is 643. The average Bonchev–Trinajstić information content (AvgIpc) is 2.86. The highest BCUT2D eigenvalue weighted by Gasteiger charge is 2.24. The minimum atomic E-state index is -0.243. The first kappa shape index (κ1) is 14.9. The molecule has 0 unspecified atom stereocenters. The van der Waals surface area contributed by atoms with Crippen LogP contribution < -0.4 is 0 Å². The van der Waals surface area contributed by atoms with E-state index < -0.39 is 0 Å². The van der Waals surface area contributed by atoms with Crippen molar-refractivity contribution in [3.8, 4) is 11.1 Å². The second kappa shape index (κ2) is 6.82. The highest BCUT2D eigenvalue weighted by Crippen LogP contribution is 2.34. The monoisotopic (exact) mass is 297 g/mol. The predicted molar refractivity (Wildman–Crippen MR) is 88.1 cm³/mol. The fraction of sp³-hybridized carbons (Fsp3) is 0.421. The summed E-state index contributed by atoms with van der Waals surface area (Å²) < 4.78 is 5.26. The van der Waals surface area contributed by atoms with E-state index in [0.717, 1.165) is 24.0 Å². The van der Waals surface area contributed by atoms with Gasteiger partial charge in [-0.05, 0) is 43.7 Å². The molecule has 0 atom stereocenters. The predicted octanol–water partition coefficient (Wildman–Crippen LogP) is 4.52. The number of fused-ring (bicyclic) bond motifs is 1. The van der Waals surface area contributed by atoms with E-state index in [2.05, 4.69) is 17.1 Å². The summed E-state index contributed by atoms with van der Waals surface area (Å²) in [5.41, 5.74) is 5.31. The smallest absolute Gasteiger partial charge is 0.355 e. The van der Waals surface area contributed by atoms with Crippen LogP contribution in [0.5, 0.6) is 0 Å². The quantitative estimate of drug-likeness (QED) is 0.846. The Kier molecular flexibility index (Phi) is 4.62. The third-order valence-corrected chi connectivity index (χ3v) is 4.34. The SMILES string of the molecule is CCOC(=O)c1[nH]c2c(c1-c1ccccc1)CCCCCC2. The van der Waals surface area contributed by atoms with Gasteiger partial charge in [-0.25, -0.2) is 4.79 Å². The van der Waals surface area contributed by atoms with E-state index in [1.165, 1.54) is 36.9 Å². The van der Waals surface area contributed by atoms with Crippen LogP contribution in [0.3, 0.4) is 0 Å². The lowest BCUT2D eigenvalue weighted by atomic mass is 9.92. The zero-order chi connectivity index (χ0) is 15.4. The Labute approximate surface area is 131 Å². The number of benzene rings is 1. The van der Waals surface area contributed by atoms with Crippen molar-refractivity contribution < 1.29 is 9.53 Å². The van der Waals surface area contributed by atoms with Crippen molar-refractivity contribution >= 4 is 5.97 Å². The van der Waals surface area contributed by atoms with Crippen LogP contribution in [-0.2, 0) is 17.6 Å². The van der Waals surface area contributed by atoms with Gasteiger partial charge in [0.15, 0.2) is 0 Å². The summed E-state index contributed by atoms with van der Waals surface area (Å²) in [6.07, 6.45) is 6.97. The molecule has 22 heavy (non-hydrogen) atoms. The molecule has 3 rings (SSSR count). The van der Waals surface area contributed by atoms with Gasteiger partial charge in [0, 0.05) is 11.3 Å². The summed E-state index contributed by atoms with van der Waals surface area (Å²) in [7, 11) is 0. The molecule has 0 aliphatic heterocycles. The first-order valence-corrected chi connectivity index (χ1v) is 8.27. The number of carbonyl (C=O) groups excluding carboxylic acids is 1. The fourth-order valence-corrected chi connectivity index (χ4v) is 3.32. The number of rotatable bonds is 3. The van der Waals surface area contributed by atoms with Crippen LogP contribution in [0.25, 0.3) is 11.1 Å². The van der Waals surface area contributed by atoms with Crippen molar-refractivity contribution in [1.29, 1.82) is 0 Å². The van der Waals surface area contributed by atoms with Crippen molar-refractivity contribution in [3.05, 3.63) is 47.3 Å². The maximum atomic E-state index is 12.4. The Morgan fingerprint density at radius 3 is 2.55 bits per heavy atom. The zero-order valence-corrected chi connectivity index (χ0v) is 13.2. The Morgan fingerprint density at radius 1 is 1.09 bits per heavy atom. The molecule has 1 N–H and O–H groups in total. The Balaban J connectivity index is 2.12. The van der Waals surface area contributed by atoms with E-state index in [1.54, 1.807) is 0 Å². The number of hydrogen-bond acceptors (Lipinski definition) is 2. The number of ether oxygens (including phenoxy) is 1. The maximum absolute atomic E-state index is 12.4. The molecule has 116 valence electrons. The number of aromatic nitrogens is 1. The number of H-pyrrole nitrogens is 1. The van der Waals surface area contributed by atoms with Gasteiger partial charge in [0.25, 0.3) is 0 Å². The van der Waals surface area contributed by atoms with Gasteiger partial charge in [-0.15, -0.1) is 0 Å². The largest absolute Gasteiger partial charge is 0.461 e. The Morgan fingerprint density at radius 2 is 1.82 bits per heavy atom. The number of aryl methyl sites for hydroxylation is 1. The maximum Gasteiger partial charge on any atom is 0.355 e. The lowest BCUT2D eigenvalue weighted by Crippen LogP contribution is -2.06. The summed E-state index contributed by atoms with van der Waals surface area (Å²) >= 11 is 0. The van der Waals surface area contributed by atoms with Gasteiger partial charge < -0.3 is 9.72 Å². The van der Waals surface area contributed by atoms with E-state index in [9.17, 15) is 4.79 Å². The van der Waals surface area contributed by atoms with Crippen molar-refractivity contribution in [2.75, 3.05) is 6.61 Å². The second-order valence-electron chi connectivity index (χ2n) is 5.83. The number of hydrogen-bond donors (Lipinski definition) is 1. The van der Waals surface area contributed by atoms with Gasteiger partial charge >= 0.3 is 5.97 Å². The lowest BCUT2D eigenvalue weighted by molar-refractivity contribution is 0.0521. The van der Waals surface area contributed by atoms with Crippen molar-refractivity contribution in [3.63, 3.8) is 0 Å². The molecule has 0 saturated heterocycles. The van der Waals surface area contributed by atoms with Gasteiger partial charge in [-0.2, -0.15) is 0 Å². The summed E-state index contributed by atoms with van der Waals surface area (Å²) in [5.74, 6) is -0.243. The molecular formula is C19H23NO2. The molecule has 3 heteroatoms. The highest BCUT2D eigenvalue weighted by atomic mass is 16.5. The summed E-state index contributed by atoms with van der Waals surface area (Å²) in [5, 5.41) is 0. The van der Waals surface area contributed by atoms with Crippen LogP contribution in [0.2, 0.25) is 0 Å². The molecule has 0 spiro atoms. The van der Waals surface area contributed by atoms with E-state index in [1.807, 2.05) is 25.1 Å². The molecule has 0 fully saturated rings. The molecule has 1 aromatic carbocycles. The first-order chi connectivity index (χ1) is 10.8. The van der Waals surface area contributed by atoms with Crippen molar-refractivity contribution in [1.82, 2.24) is 4.98 Å². The molecular weight excluding hydrogens is 274 g/mol. The van der Waals surface area contributed by atoms with Crippen molar-refractivity contribution in [2.24, 2.45) is 0 Å². The van der Waals surface area contributed by atoms with Crippen LogP contribution in [-0.4, -0.2) is 17.6 Å². The van der Waals surface area contributed by atoms with Gasteiger partial charge in [-0.3, -0.25) is 0 Å². The molecule has 0 amide bonds. The van der Waals surface area contributed by atoms with Gasteiger partial charge in [-0.1, -0.05) is 43.2 Å². The van der Waals surface area contributed by atoms with Gasteiger partial charge in [0.2, 0.25) is 0 Å². The second-order valence-corrected chi connectivity index (χ2v) is 5.83. The minimum absolute atomic E-state index is 0.243. The van der Waals surface area contributed by atoms with Crippen molar-refractivity contribution in [2.45, 2.75) is 45.4 Å². The number of aromatic amines is 1. The number of nitrogens with one attached hydrogen (secondary N) is 1. The van der Waals surface area contributed by atoms with Crippen LogP contribution in [0.4, 0.5) is 0 Å². The standard InChI is InChI=1S/C19H23NO2/c1-2-22-19(21)18-17(14-10-6-5-7-11-14)15-12-8-3-4-9-13-16(15)20-18/h5-7,10-11,20H,2-4,8-9,12-13H2,1H3. The van der Waals surface area contributed by atoms with Gasteiger partial charge in [0.1, 0.15) is 5.69 Å². The molecule has 3 nitrogen and oxygen atoms in total. The third-order valence-electron chi connectivity index (χ3n) is 4.34. The van der Waals surface area contributed by atoms with Crippen LogP contribution in [0.1, 0.15) is 54.4 Å². The number of esters is 1. The van der Waals surface area contributed by atoms with Crippen LogP contribution in [0, 0.1) is 0 Å². The fourth-order valence-electron chi connectivity index (χ4n) is 3.32. The zero-order valence-electron chi connectivity index (χ0n) is 13.2. The van der Waals surface area contributed by atoms with E-state index >= 15 is 0 Å². The lowest BCUT2D eigenvalue weighted by Gasteiger charge is -2.12. The first-order valence-electron chi connectivity index (χ1n) is 8.27. The summed E-state index contributed by atoms with van der Waals surface area (Å²) in [6, 6.07) is 10.2. The Hall–Kier alpha value is -2.03. The summed E-state index contributed by atoms with van der Waals surface area (Å²) in [6.45, 7) is 2.25. The minimum Gasteiger partial charge on any atom is -0.461 e. The molecule has 1 heterocycles. The number of carbonyl (C=O) groups is 1. The van der Waals surface area contributed by atoms with E-state index in [-0.39, 0.29) is 5.97 Å². The normalized spacial score (nSPS) is 14.8. The molecule has 0 bridgehead atoms. The van der Waals surface area contributed by atoms with Gasteiger partial charge in [0.05, 0.1) is 6.61 Å². The third kappa shape index (κ3) is 2.94. The average molecular weight is 297 g/mol. The topological polar surface area (TPSA) is 42.1 Å².